The number of benzene rings is 2. The van der Waals surface area contributed by atoms with E-state index in [0.29, 0.717) is 22.6 Å². The minimum Gasteiger partial charge on any atom is -0.465 e. The number of rotatable bonds is 5. The molecule has 0 aliphatic heterocycles. The van der Waals surface area contributed by atoms with Gasteiger partial charge >= 0.3 is 5.97 Å². The SMILES string of the molecule is O=C(/C=C/c1ccco1)Oc1ccc(C(=O)c2ccccc2)cc1. The zero-order chi connectivity index (χ0) is 16.8. The van der Waals surface area contributed by atoms with E-state index < -0.39 is 5.97 Å². The van der Waals surface area contributed by atoms with Crippen molar-refractivity contribution in [3.8, 4) is 5.75 Å². The second-order valence-electron chi connectivity index (χ2n) is 4.99. The molecule has 1 aromatic heterocycles. The Bertz CT molecular complexity index is 844. The highest BCUT2D eigenvalue weighted by molar-refractivity contribution is 6.09. The highest BCUT2D eigenvalue weighted by Gasteiger charge is 2.09. The predicted molar refractivity (Wildman–Crippen MR) is 89.7 cm³/mol. The normalized spacial score (nSPS) is 10.7. The maximum Gasteiger partial charge on any atom is 0.336 e. The van der Waals surface area contributed by atoms with Crippen molar-refractivity contribution in [2.24, 2.45) is 0 Å². The Labute approximate surface area is 139 Å². The second-order valence-corrected chi connectivity index (χ2v) is 4.99. The van der Waals surface area contributed by atoms with Crippen LogP contribution in [0.1, 0.15) is 21.7 Å². The van der Waals surface area contributed by atoms with Crippen molar-refractivity contribution in [3.63, 3.8) is 0 Å². The Kier molecular flexibility index (Phi) is 4.68. The van der Waals surface area contributed by atoms with Gasteiger partial charge in [-0.05, 0) is 42.5 Å². The second kappa shape index (κ2) is 7.24. The Morgan fingerprint density at radius 2 is 1.54 bits per heavy atom. The van der Waals surface area contributed by atoms with Gasteiger partial charge in [0.1, 0.15) is 11.5 Å². The highest BCUT2D eigenvalue weighted by atomic mass is 16.5. The molecule has 3 aromatic rings. The number of carbonyl (C=O) groups excluding carboxylic acids is 2. The third-order valence-corrected chi connectivity index (χ3v) is 3.30. The molecule has 0 unspecified atom stereocenters. The minimum absolute atomic E-state index is 0.0776. The zero-order valence-electron chi connectivity index (χ0n) is 12.7. The number of hydrogen-bond donors (Lipinski definition) is 0. The molecule has 0 aliphatic carbocycles. The van der Waals surface area contributed by atoms with Crippen molar-refractivity contribution in [2.75, 3.05) is 0 Å². The van der Waals surface area contributed by atoms with Gasteiger partial charge in [-0.25, -0.2) is 4.79 Å². The molecule has 0 amide bonds. The summed E-state index contributed by atoms with van der Waals surface area (Å²) in [5.74, 6) is 0.337. The molecule has 0 spiro atoms. The van der Waals surface area contributed by atoms with Crippen LogP contribution in [-0.4, -0.2) is 11.8 Å². The lowest BCUT2D eigenvalue weighted by Gasteiger charge is -2.04. The Hall–Kier alpha value is -3.40. The van der Waals surface area contributed by atoms with Crippen LogP contribution in [0.4, 0.5) is 0 Å². The Balaban J connectivity index is 1.64. The zero-order valence-corrected chi connectivity index (χ0v) is 12.7. The van der Waals surface area contributed by atoms with Gasteiger partial charge in [-0.2, -0.15) is 0 Å². The third-order valence-electron chi connectivity index (χ3n) is 3.30. The van der Waals surface area contributed by atoms with Gasteiger partial charge in [-0.1, -0.05) is 30.3 Å². The van der Waals surface area contributed by atoms with E-state index in [1.807, 2.05) is 18.2 Å². The average molecular weight is 318 g/mol. The van der Waals surface area contributed by atoms with Gasteiger partial charge in [0.2, 0.25) is 0 Å². The summed E-state index contributed by atoms with van der Waals surface area (Å²) in [6, 6.07) is 18.9. The van der Waals surface area contributed by atoms with Crippen LogP contribution in [0, 0.1) is 0 Å². The molecular weight excluding hydrogens is 304 g/mol. The molecule has 0 fully saturated rings. The van der Waals surface area contributed by atoms with Crippen LogP contribution < -0.4 is 4.74 Å². The van der Waals surface area contributed by atoms with E-state index in [1.165, 1.54) is 18.4 Å². The fourth-order valence-corrected chi connectivity index (χ4v) is 2.12. The van der Waals surface area contributed by atoms with Gasteiger partial charge in [-0.15, -0.1) is 0 Å². The van der Waals surface area contributed by atoms with Crippen LogP contribution in [0.3, 0.4) is 0 Å². The molecule has 0 aliphatic rings. The molecule has 118 valence electrons. The maximum atomic E-state index is 12.3. The van der Waals surface area contributed by atoms with Gasteiger partial charge < -0.3 is 9.15 Å². The number of hydrogen-bond acceptors (Lipinski definition) is 4. The van der Waals surface area contributed by atoms with E-state index in [4.69, 9.17) is 9.15 Å². The third kappa shape index (κ3) is 3.87. The van der Waals surface area contributed by atoms with Gasteiger partial charge in [0.05, 0.1) is 6.26 Å². The predicted octanol–water partition coefficient (Wildman–Crippen LogP) is 4.13. The van der Waals surface area contributed by atoms with E-state index >= 15 is 0 Å². The van der Waals surface area contributed by atoms with Crippen LogP contribution in [-0.2, 0) is 4.79 Å². The first-order valence-electron chi connectivity index (χ1n) is 7.35. The van der Waals surface area contributed by atoms with Crippen molar-refractivity contribution in [1.82, 2.24) is 0 Å². The number of furan rings is 1. The summed E-state index contributed by atoms with van der Waals surface area (Å²) in [6.45, 7) is 0. The van der Waals surface area contributed by atoms with Crippen molar-refractivity contribution >= 4 is 17.8 Å². The number of esters is 1. The van der Waals surface area contributed by atoms with Crippen LogP contribution in [0.25, 0.3) is 6.08 Å². The lowest BCUT2D eigenvalue weighted by Crippen LogP contribution is -2.05. The Morgan fingerprint density at radius 3 is 2.21 bits per heavy atom. The molecule has 3 rings (SSSR count). The van der Waals surface area contributed by atoms with Crippen LogP contribution in [0.15, 0.2) is 83.5 Å². The molecule has 2 aromatic carbocycles. The minimum atomic E-state index is -0.520. The summed E-state index contributed by atoms with van der Waals surface area (Å²) in [5.41, 5.74) is 1.15. The van der Waals surface area contributed by atoms with Crippen LogP contribution >= 0.6 is 0 Å². The molecule has 24 heavy (non-hydrogen) atoms. The fourth-order valence-electron chi connectivity index (χ4n) is 2.12. The number of carbonyl (C=O) groups is 2. The van der Waals surface area contributed by atoms with Gasteiger partial charge in [0, 0.05) is 17.2 Å². The van der Waals surface area contributed by atoms with Crippen molar-refractivity contribution < 1.29 is 18.7 Å². The van der Waals surface area contributed by atoms with E-state index in [-0.39, 0.29) is 5.78 Å². The summed E-state index contributed by atoms with van der Waals surface area (Å²) < 4.78 is 10.3. The summed E-state index contributed by atoms with van der Waals surface area (Å²) in [4.78, 5) is 24.0. The number of ether oxygens (including phenoxy) is 1. The first-order valence-corrected chi connectivity index (χ1v) is 7.35. The van der Waals surface area contributed by atoms with Gasteiger partial charge in [-0.3, -0.25) is 4.79 Å². The molecule has 0 bridgehead atoms. The molecule has 0 radical (unpaired) electrons. The first kappa shape index (κ1) is 15.5. The van der Waals surface area contributed by atoms with E-state index in [1.54, 1.807) is 48.5 Å². The topological polar surface area (TPSA) is 56.5 Å². The molecule has 0 N–H and O–H groups in total. The molecule has 1 heterocycles. The summed E-state index contributed by atoms with van der Waals surface area (Å²) in [6.07, 6.45) is 4.32. The fraction of sp³-hybridized carbons (Fsp3) is 0. The van der Waals surface area contributed by atoms with Gasteiger partial charge in [0.15, 0.2) is 5.78 Å². The molecule has 4 heteroatoms. The van der Waals surface area contributed by atoms with Crippen LogP contribution in [0.2, 0.25) is 0 Å². The lowest BCUT2D eigenvalue weighted by atomic mass is 10.0. The molecule has 0 saturated heterocycles. The molecular formula is C20H14O4. The van der Waals surface area contributed by atoms with Crippen molar-refractivity contribution in [1.29, 1.82) is 0 Å². The summed E-state index contributed by atoms with van der Waals surface area (Å²) >= 11 is 0. The van der Waals surface area contributed by atoms with E-state index in [9.17, 15) is 9.59 Å². The van der Waals surface area contributed by atoms with Crippen LogP contribution in [0.5, 0.6) is 5.75 Å². The maximum absolute atomic E-state index is 12.3. The molecule has 0 saturated carbocycles. The lowest BCUT2D eigenvalue weighted by molar-refractivity contribution is -0.128. The van der Waals surface area contributed by atoms with E-state index in [2.05, 4.69) is 0 Å². The van der Waals surface area contributed by atoms with Gasteiger partial charge in [0.25, 0.3) is 0 Å². The monoisotopic (exact) mass is 318 g/mol. The highest BCUT2D eigenvalue weighted by Crippen LogP contribution is 2.16. The smallest absolute Gasteiger partial charge is 0.336 e. The molecule has 4 nitrogen and oxygen atoms in total. The Morgan fingerprint density at radius 1 is 0.833 bits per heavy atom. The summed E-state index contributed by atoms with van der Waals surface area (Å²) in [7, 11) is 0. The van der Waals surface area contributed by atoms with Crippen molar-refractivity contribution in [3.05, 3.63) is 96.0 Å². The van der Waals surface area contributed by atoms with E-state index in [0.717, 1.165) is 0 Å². The average Bonchev–Trinajstić information content (AvgIpc) is 3.14. The standard InChI is InChI=1S/C20H14O4/c21-19(13-12-17-7-4-14-23-17)24-18-10-8-16(9-11-18)20(22)15-5-2-1-3-6-15/h1-14H/b13-12+. The quantitative estimate of drug-likeness (QED) is 0.307. The molecule has 0 atom stereocenters. The summed E-state index contributed by atoms with van der Waals surface area (Å²) in [5, 5.41) is 0. The first-order chi connectivity index (χ1) is 11.7. The van der Waals surface area contributed by atoms with Crippen molar-refractivity contribution in [2.45, 2.75) is 0 Å². The number of ketones is 1. The largest absolute Gasteiger partial charge is 0.465 e.